The van der Waals surface area contributed by atoms with E-state index in [2.05, 4.69) is 17.5 Å². The van der Waals surface area contributed by atoms with Crippen molar-refractivity contribution in [3.8, 4) is 0 Å². The quantitative estimate of drug-likeness (QED) is 0.500. The molecule has 17 heavy (non-hydrogen) atoms. The lowest BCUT2D eigenvalue weighted by molar-refractivity contribution is 0.0158. The molecule has 0 amide bonds. The summed E-state index contributed by atoms with van der Waals surface area (Å²) in [5.74, 6) is 0. The van der Waals surface area contributed by atoms with Gasteiger partial charge in [0.1, 0.15) is 5.44 Å². The molecule has 2 rings (SSSR count). The molecular weight excluding hydrogens is 237 g/mol. The molecule has 1 atom stereocenters. The molecule has 0 aliphatic carbocycles. The monoisotopic (exact) mass is 253 g/mol. The summed E-state index contributed by atoms with van der Waals surface area (Å²) in [5, 5.41) is 18.6. The van der Waals surface area contributed by atoms with Crippen molar-refractivity contribution in [2.24, 2.45) is 0 Å². The predicted octanol–water partition coefficient (Wildman–Crippen LogP) is -0.546. The van der Waals surface area contributed by atoms with E-state index < -0.39 is 7.12 Å². The number of thiol groups is 1. The number of nitrogens with zero attached hydrogens (tertiary/aromatic N) is 1. The Balaban J connectivity index is 2.07. The van der Waals surface area contributed by atoms with Crippen LogP contribution in [0.5, 0.6) is 0 Å². The highest BCUT2D eigenvalue weighted by Crippen LogP contribution is 2.11. The van der Waals surface area contributed by atoms with Gasteiger partial charge >= 0.3 is 7.12 Å². The lowest BCUT2D eigenvalue weighted by Crippen LogP contribution is -2.42. The topological polar surface area (TPSA) is 52.9 Å². The minimum absolute atomic E-state index is 0.0602. The second kappa shape index (κ2) is 5.88. The zero-order valence-corrected chi connectivity index (χ0v) is 10.4. The van der Waals surface area contributed by atoms with Crippen molar-refractivity contribution in [3.05, 3.63) is 29.8 Å². The van der Waals surface area contributed by atoms with Crippen LogP contribution in [-0.2, 0) is 11.3 Å². The first-order valence-corrected chi connectivity index (χ1v) is 6.14. The zero-order valence-electron chi connectivity index (χ0n) is 9.49. The third-order valence-electron chi connectivity index (χ3n) is 2.86. The molecule has 0 saturated carbocycles. The van der Waals surface area contributed by atoms with Crippen LogP contribution in [0.2, 0.25) is 0 Å². The Hall–Kier alpha value is -0.525. The minimum atomic E-state index is -1.42. The molecule has 0 radical (unpaired) electrons. The number of benzene rings is 1. The number of hydrogen-bond donors (Lipinski definition) is 3. The van der Waals surface area contributed by atoms with Gasteiger partial charge in [-0.3, -0.25) is 4.90 Å². The summed E-state index contributed by atoms with van der Waals surface area (Å²) in [4.78, 5) is 2.20. The second-order valence-electron chi connectivity index (χ2n) is 4.13. The maximum atomic E-state index is 9.28. The van der Waals surface area contributed by atoms with Crippen LogP contribution in [0.3, 0.4) is 0 Å². The normalized spacial score (nSPS) is 21.5. The Bertz CT molecular complexity index is 377. The minimum Gasteiger partial charge on any atom is -0.423 e. The maximum Gasteiger partial charge on any atom is 0.488 e. The Morgan fingerprint density at radius 2 is 2.18 bits per heavy atom. The molecule has 6 heteroatoms. The van der Waals surface area contributed by atoms with E-state index in [0.717, 1.165) is 18.7 Å². The van der Waals surface area contributed by atoms with E-state index in [0.29, 0.717) is 18.6 Å². The first-order valence-electron chi connectivity index (χ1n) is 5.63. The molecule has 4 nitrogen and oxygen atoms in total. The van der Waals surface area contributed by atoms with E-state index in [1.165, 1.54) is 0 Å². The third-order valence-corrected chi connectivity index (χ3v) is 3.17. The smallest absolute Gasteiger partial charge is 0.423 e. The van der Waals surface area contributed by atoms with Crippen LogP contribution in [0.4, 0.5) is 0 Å². The SMILES string of the molecule is OB(O)c1ccccc1CN1CCO[C@H](S)C1. The van der Waals surface area contributed by atoms with E-state index >= 15 is 0 Å². The predicted molar refractivity (Wildman–Crippen MR) is 70.3 cm³/mol. The number of rotatable bonds is 3. The van der Waals surface area contributed by atoms with Crippen LogP contribution < -0.4 is 5.46 Å². The van der Waals surface area contributed by atoms with Gasteiger partial charge in [0, 0.05) is 19.6 Å². The fourth-order valence-electron chi connectivity index (χ4n) is 2.00. The average Bonchev–Trinajstić information content (AvgIpc) is 2.29. The molecule has 0 aromatic heterocycles. The van der Waals surface area contributed by atoms with Crippen LogP contribution in [-0.4, -0.2) is 47.2 Å². The van der Waals surface area contributed by atoms with Crippen molar-refractivity contribution in [1.29, 1.82) is 0 Å². The van der Waals surface area contributed by atoms with Crippen LogP contribution in [0.25, 0.3) is 0 Å². The molecular formula is C11H16BNO3S. The standard InChI is InChI=1S/C11H16BNO3S/c14-12(15)10-4-2-1-3-9(10)7-13-5-6-16-11(17)8-13/h1-4,11,14-15,17H,5-8H2/t11-/m1/s1. The summed E-state index contributed by atoms with van der Waals surface area (Å²) in [6, 6.07) is 7.36. The van der Waals surface area contributed by atoms with Crippen molar-refractivity contribution in [2.75, 3.05) is 19.7 Å². The Labute approximate surface area is 107 Å². The van der Waals surface area contributed by atoms with Gasteiger partial charge in [-0.1, -0.05) is 24.3 Å². The second-order valence-corrected chi connectivity index (χ2v) is 4.71. The lowest BCUT2D eigenvalue weighted by Gasteiger charge is -2.31. The van der Waals surface area contributed by atoms with Gasteiger partial charge in [0.2, 0.25) is 0 Å². The summed E-state index contributed by atoms with van der Waals surface area (Å²) >= 11 is 4.29. The maximum absolute atomic E-state index is 9.28. The largest absolute Gasteiger partial charge is 0.488 e. The molecule has 0 spiro atoms. The van der Waals surface area contributed by atoms with Crippen LogP contribution in [0, 0.1) is 0 Å². The fourth-order valence-corrected chi connectivity index (χ4v) is 2.33. The van der Waals surface area contributed by atoms with Crippen molar-refractivity contribution in [2.45, 2.75) is 12.0 Å². The molecule has 1 fully saturated rings. The molecule has 1 aromatic carbocycles. The van der Waals surface area contributed by atoms with Gasteiger partial charge in [0.05, 0.1) is 6.61 Å². The van der Waals surface area contributed by atoms with E-state index in [9.17, 15) is 10.0 Å². The summed E-state index contributed by atoms with van der Waals surface area (Å²) in [7, 11) is -1.42. The molecule has 1 heterocycles. The number of morpholine rings is 1. The summed E-state index contributed by atoms with van der Waals surface area (Å²) < 4.78 is 5.35. The first kappa shape index (κ1) is 12.9. The van der Waals surface area contributed by atoms with Crippen molar-refractivity contribution in [1.82, 2.24) is 4.90 Å². The summed E-state index contributed by atoms with van der Waals surface area (Å²) in [6.07, 6.45) is 0. The van der Waals surface area contributed by atoms with Crippen LogP contribution in [0.15, 0.2) is 24.3 Å². The Morgan fingerprint density at radius 1 is 1.41 bits per heavy atom. The van der Waals surface area contributed by atoms with Gasteiger partial charge in [-0.15, -0.1) is 12.6 Å². The average molecular weight is 253 g/mol. The van der Waals surface area contributed by atoms with Crippen molar-refractivity contribution >= 4 is 25.2 Å². The molecule has 0 unspecified atom stereocenters. The molecule has 1 aliphatic heterocycles. The summed E-state index contributed by atoms with van der Waals surface area (Å²) in [5.41, 5.74) is 1.44. The molecule has 0 bridgehead atoms. The lowest BCUT2D eigenvalue weighted by atomic mass is 9.77. The van der Waals surface area contributed by atoms with Gasteiger partial charge in [0.15, 0.2) is 0 Å². The zero-order chi connectivity index (χ0) is 12.3. The van der Waals surface area contributed by atoms with Crippen molar-refractivity contribution in [3.63, 3.8) is 0 Å². The highest BCUT2D eigenvalue weighted by molar-refractivity contribution is 7.80. The fraction of sp³-hybridized carbons (Fsp3) is 0.455. The van der Waals surface area contributed by atoms with Crippen molar-refractivity contribution < 1.29 is 14.8 Å². The molecule has 2 N–H and O–H groups in total. The highest BCUT2D eigenvalue weighted by Gasteiger charge is 2.20. The highest BCUT2D eigenvalue weighted by atomic mass is 32.1. The number of ether oxygens (including phenoxy) is 1. The van der Waals surface area contributed by atoms with Gasteiger partial charge in [0.25, 0.3) is 0 Å². The van der Waals surface area contributed by atoms with E-state index in [1.54, 1.807) is 12.1 Å². The number of hydrogen-bond acceptors (Lipinski definition) is 5. The third kappa shape index (κ3) is 3.47. The van der Waals surface area contributed by atoms with Gasteiger partial charge in [-0.25, -0.2) is 0 Å². The molecule has 1 saturated heterocycles. The molecule has 1 aliphatic rings. The Kier molecular flexibility index (Phi) is 4.47. The summed E-state index contributed by atoms with van der Waals surface area (Å²) in [6.45, 7) is 2.94. The van der Waals surface area contributed by atoms with E-state index in [-0.39, 0.29) is 5.44 Å². The van der Waals surface area contributed by atoms with Gasteiger partial charge < -0.3 is 14.8 Å². The van der Waals surface area contributed by atoms with Crippen LogP contribution >= 0.6 is 12.6 Å². The van der Waals surface area contributed by atoms with Crippen LogP contribution in [0.1, 0.15) is 5.56 Å². The van der Waals surface area contributed by atoms with E-state index in [4.69, 9.17) is 4.74 Å². The molecule has 92 valence electrons. The van der Waals surface area contributed by atoms with Gasteiger partial charge in [-0.05, 0) is 11.0 Å². The van der Waals surface area contributed by atoms with E-state index in [1.807, 2.05) is 12.1 Å². The molecule has 1 aromatic rings. The first-order chi connectivity index (χ1) is 8.16. The Morgan fingerprint density at radius 3 is 2.88 bits per heavy atom. The van der Waals surface area contributed by atoms with Gasteiger partial charge in [-0.2, -0.15) is 0 Å².